The molecule has 3 rings (SSSR count). The number of aryl methyl sites for hydroxylation is 1. The number of rotatable bonds is 7. The number of hydrogen-bond donors (Lipinski definition) is 0. The van der Waals surface area contributed by atoms with Crippen molar-refractivity contribution in [2.75, 3.05) is 27.9 Å². The van der Waals surface area contributed by atoms with Crippen LogP contribution < -0.4 is 9.47 Å². The standard InChI is InChI=1S/C22H23NO6/c1-14-16-7-5-6-8-17(16)29-21(14)22(25)28-13-20(24)23(2)12-15-9-10-18(26-3)19(11-15)27-4/h5-11H,12-13H2,1-4H3. The third kappa shape index (κ3) is 4.34. The third-order valence-corrected chi connectivity index (χ3v) is 4.65. The lowest BCUT2D eigenvalue weighted by molar-refractivity contribution is -0.133. The number of esters is 1. The maximum atomic E-state index is 12.4. The van der Waals surface area contributed by atoms with Crippen LogP contribution in [0.4, 0.5) is 0 Å². The Kier molecular flexibility index (Phi) is 6.07. The van der Waals surface area contributed by atoms with Crippen molar-refractivity contribution in [1.82, 2.24) is 4.90 Å². The number of nitrogens with zero attached hydrogens (tertiary/aromatic N) is 1. The van der Waals surface area contributed by atoms with E-state index in [1.165, 1.54) is 4.90 Å². The van der Waals surface area contributed by atoms with Crippen LogP contribution in [0.2, 0.25) is 0 Å². The molecule has 3 aromatic rings. The molecule has 1 aromatic heterocycles. The fourth-order valence-electron chi connectivity index (χ4n) is 3.01. The zero-order valence-corrected chi connectivity index (χ0v) is 16.9. The van der Waals surface area contributed by atoms with Gasteiger partial charge in [-0.2, -0.15) is 0 Å². The average molecular weight is 397 g/mol. The van der Waals surface area contributed by atoms with E-state index in [4.69, 9.17) is 18.6 Å². The Hall–Kier alpha value is -3.48. The van der Waals surface area contributed by atoms with Gasteiger partial charge in [0.15, 0.2) is 18.1 Å². The first kappa shape index (κ1) is 20.3. The Bertz CT molecular complexity index is 1040. The van der Waals surface area contributed by atoms with Crippen molar-refractivity contribution >= 4 is 22.8 Å². The van der Waals surface area contributed by atoms with Crippen molar-refractivity contribution in [2.45, 2.75) is 13.5 Å². The highest BCUT2D eigenvalue weighted by atomic mass is 16.5. The second kappa shape index (κ2) is 8.68. The lowest BCUT2D eigenvalue weighted by Crippen LogP contribution is -2.30. The largest absolute Gasteiger partial charge is 0.493 e. The van der Waals surface area contributed by atoms with Crippen LogP contribution in [-0.4, -0.2) is 44.7 Å². The Labute approximate surface area is 168 Å². The van der Waals surface area contributed by atoms with Gasteiger partial charge in [0.1, 0.15) is 5.58 Å². The second-order valence-electron chi connectivity index (χ2n) is 6.57. The van der Waals surface area contributed by atoms with E-state index in [0.717, 1.165) is 10.9 Å². The summed E-state index contributed by atoms with van der Waals surface area (Å²) in [5.74, 6) is 0.313. The third-order valence-electron chi connectivity index (χ3n) is 4.65. The molecule has 0 aliphatic carbocycles. The first-order valence-electron chi connectivity index (χ1n) is 9.04. The Morgan fingerprint density at radius 3 is 2.45 bits per heavy atom. The molecule has 7 heteroatoms. The molecule has 0 bridgehead atoms. The summed E-state index contributed by atoms with van der Waals surface area (Å²) in [6, 6.07) is 12.8. The summed E-state index contributed by atoms with van der Waals surface area (Å²) in [5.41, 5.74) is 2.16. The summed E-state index contributed by atoms with van der Waals surface area (Å²) in [6.45, 7) is 1.74. The normalized spacial score (nSPS) is 10.6. The molecule has 0 saturated heterocycles. The lowest BCUT2D eigenvalue weighted by Gasteiger charge is -2.18. The molecule has 0 aliphatic heterocycles. The lowest BCUT2D eigenvalue weighted by atomic mass is 10.1. The van der Waals surface area contributed by atoms with Gasteiger partial charge in [0.25, 0.3) is 5.91 Å². The fraction of sp³-hybridized carbons (Fsp3) is 0.273. The van der Waals surface area contributed by atoms with Crippen LogP contribution in [0, 0.1) is 6.92 Å². The average Bonchev–Trinajstić information content (AvgIpc) is 3.08. The quantitative estimate of drug-likeness (QED) is 0.567. The minimum absolute atomic E-state index is 0.113. The molecule has 0 unspecified atom stereocenters. The molecule has 1 heterocycles. The number of fused-ring (bicyclic) bond motifs is 1. The van der Waals surface area contributed by atoms with E-state index in [1.54, 1.807) is 46.4 Å². The molecule has 0 spiro atoms. The molecule has 0 fully saturated rings. The second-order valence-corrected chi connectivity index (χ2v) is 6.57. The maximum Gasteiger partial charge on any atom is 0.375 e. The van der Waals surface area contributed by atoms with Crippen LogP contribution in [0.15, 0.2) is 46.9 Å². The summed E-state index contributed by atoms with van der Waals surface area (Å²) in [5, 5.41) is 0.844. The van der Waals surface area contributed by atoms with Crippen LogP contribution >= 0.6 is 0 Å². The molecule has 0 N–H and O–H groups in total. The van der Waals surface area contributed by atoms with E-state index < -0.39 is 5.97 Å². The topological polar surface area (TPSA) is 78.2 Å². The van der Waals surface area contributed by atoms with E-state index in [-0.39, 0.29) is 18.3 Å². The zero-order valence-electron chi connectivity index (χ0n) is 16.9. The number of amides is 1. The van der Waals surface area contributed by atoms with Crippen molar-refractivity contribution < 1.29 is 28.2 Å². The van der Waals surface area contributed by atoms with E-state index in [9.17, 15) is 9.59 Å². The fourth-order valence-corrected chi connectivity index (χ4v) is 3.01. The number of benzene rings is 2. The minimum atomic E-state index is -0.661. The minimum Gasteiger partial charge on any atom is -0.493 e. The first-order chi connectivity index (χ1) is 13.9. The zero-order chi connectivity index (χ0) is 21.0. The first-order valence-corrected chi connectivity index (χ1v) is 9.04. The Balaban J connectivity index is 1.61. The van der Waals surface area contributed by atoms with Gasteiger partial charge in [-0.3, -0.25) is 4.79 Å². The Morgan fingerprint density at radius 2 is 1.76 bits per heavy atom. The van der Waals surface area contributed by atoms with Gasteiger partial charge in [0.05, 0.1) is 14.2 Å². The van der Waals surface area contributed by atoms with Gasteiger partial charge in [-0.25, -0.2) is 4.79 Å². The predicted molar refractivity (Wildman–Crippen MR) is 107 cm³/mol. The van der Waals surface area contributed by atoms with Crippen LogP contribution in [0.25, 0.3) is 11.0 Å². The van der Waals surface area contributed by atoms with Gasteiger partial charge >= 0.3 is 5.97 Å². The van der Waals surface area contributed by atoms with Crippen LogP contribution in [0.1, 0.15) is 21.7 Å². The van der Waals surface area contributed by atoms with E-state index in [0.29, 0.717) is 29.2 Å². The molecular formula is C22H23NO6. The molecule has 1 amide bonds. The summed E-state index contributed by atoms with van der Waals surface area (Å²) in [7, 11) is 4.75. The van der Waals surface area contributed by atoms with E-state index >= 15 is 0 Å². The number of likely N-dealkylation sites (N-methyl/N-ethyl adjacent to an activating group) is 1. The maximum absolute atomic E-state index is 12.4. The number of methoxy groups -OCH3 is 2. The van der Waals surface area contributed by atoms with Crippen molar-refractivity contribution in [3.8, 4) is 11.5 Å². The van der Waals surface area contributed by atoms with Gasteiger partial charge in [0, 0.05) is 24.5 Å². The van der Waals surface area contributed by atoms with Crippen LogP contribution in [0.3, 0.4) is 0 Å². The number of hydrogen-bond acceptors (Lipinski definition) is 6. The van der Waals surface area contributed by atoms with Gasteiger partial charge in [-0.05, 0) is 30.7 Å². The summed E-state index contributed by atoms with van der Waals surface area (Å²) in [4.78, 5) is 26.2. The van der Waals surface area contributed by atoms with Gasteiger partial charge in [0.2, 0.25) is 5.76 Å². The SMILES string of the molecule is COc1ccc(CN(C)C(=O)COC(=O)c2oc3ccccc3c2C)cc1OC. The van der Waals surface area contributed by atoms with Crippen molar-refractivity contribution in [1.29, 1.82) is 0 Å². The molecule has 0 radical (unpaired) electrons. The van der Waals surface area contributed by atoms with Crippen molar-refractivity contribution in [3.63, 3.8) is 0 Å². The van der Waals surface area contributed by atoms with Crippen molar-refractivity contribution in [3.05, 3.63) is 59.4 Å². The summed E-state index contributed by atoms with van der Waals surface area (Å²) >= 11 is 0. The molecule has 29 heavy (non-hydrogen) atoms. The number of carbonyl (C=O) groups excluding carboxylic acids is 2. The van der Waals surface area contributed by atoms with Crippen LogP contribution in [0.5, 0.6) is 11.5 Å². The summed E-state index contributed by atoms with van der Waals surface area (Å²) < 4.78 is 21.2. The van der Waals surface area contributed by atoms with E-state index in [1.807, 2.05) is 24.3 Å². The van der Waals surface area contributed by atoms with Crippen LogP contribution in [-0.2, 0) is 16.1 Å². The molecule has 2 aromatic carbocycles. The number of ether oxygens (including phenoxy) is 3. The summed E-state index contributed by atoms with van der Waals surface area (Å²) in [6.07, 6.45) is 0. The number of furan rings is 1. The highest BCUT2D eigenvalue weighted by Crippen LogP contribution is 2.28. The highest BCUT2D eigenvalue weighted by Gasteiger charge is 2.21. The number of carbonyl (C=O) groups is 2. The van der Waals surface area contributed by atoms with Gasteiger partial charge in [-0.1, -0.05) is 24.3 Å². The van der Waals surface area contributed by atoms with Gasteiger partial charge in [-0.15, -0.1) is 0 Å². The highest BCUT2D eigenvalue weighted by molar-refractivity contribution is 5.96. The predicted octanol–water partition coefficient (Wildman–Crippen LogP) is 3.57. The Morgan fingerprint density at radius 1 is 1.03 bits per heavy atom. The smallest absolute Gasteiger partial charge is 0.375 e. The molecule has 0 saturated carbocycles. The molecule has 152 valence electrons. The van der Waals surface area contributed by atoms with E-state index in [2.05, 4.69) is 0 Å². The number of para-hydroxylation sites is 1. The van der Waals surface area contributed by atoms with Crippen molar-refractivity contribution in [2.24, 2.45) is 0 Å². The molecule has 7 nitrogen and oxygen atoms in total. The monoisotopic (exact) mass is 397 g/mol. The van der Waals surface area contributed by atoms with Gasteiger partial charge < -0.3 is 23.5 Å². The molecule has 0 atom stereocenters. The molecule has 0 aliphatic rings. The molecular weight excluding hydrogens is 374 g/mol.